The number of rotatable bonds is 2. The van der Waals surface area contributed by atoms with E-state index in [0.29, 0.717) is 5.02 Å². The number of hydrogen-bond acceptors (Lipinski definition) is 5. The maximum absolute atomic E-state index is 6.02. The van der Waals surface area contributed by atoms with Gasteiger partial charge < -0.3 is 5.32 Å². The van der Waals surface area contributed by atoms with E-state index >= 15 is 0 Å². The highest BCUT2D eigenvalue weighted by Gasteiger charge is 2.12. The van der Waals surface area contributed by atoms with E-state index < -0.39 is 0 Å². The largest absolute Gasteiger partial charge is 0.340 e. The molecule has 4 aromatic rings. The minimum Gasteiger partial charge on any atom is -0.340 e. The third-order valence-electron chi connectivity index (χ3n) is 3.13. The van der Waals surface area contributed by atoms with Gasteiger partial charge in [-0.15, -0.1) is 0 Å². The molecule has 0 radical (unpaired) electrons. The molecule has 1 aromatic carbocycles. The van der Waals surface area contributed by atoms with Crippen LogP contribution in [0.4, 0.5) is 11.5 Å². The zero-order valence-electron chi connectivity index (χ0n) is 10.7. The molecular weight excluding hydrogens is 304 g/mol. The summed E-state index contributed by atoms with van der Waals surface area (Å²) >= 11 is 7.58. The highest BCUT2D eigenvalue weighted by molar-refractivity contribution is 7.25. The number of nitrogens with one attached hydrogen (secondary N) is 1. The first-order valence-electron chi connectivity index (χ1n) is 6.32. The molecule has 0 unspecified atom stereocenters. The molecule has 0 amide bonds. The van der Waals surface area contributed by atoms with Gasteiger partial charge in [0.2, 0.25) is 0 Å². The number of nitrogens with zero attached hydrogens (tertiary/aromatic N) is 3. The number of fused-ring (bicyclic) bond motifs is 3. The van der Waals surface area contributed by atoms with Crippen LogP contribution in [0.5, 0.6) is 0 Å². The fourth-order valence-corrected chi connectivity index (χ4v) is 3.42. The van der Waals surface area contributed by atoms with Gasteiger partial charge in [-0.05, 0) is 30.3 Å². The van der Waals surface area contributed by atoms with Crippen molar-refractivity contribution in [1.82, 2.24) is 15.0 Å². The van der Waals surface area contributed by atoms with Crippen LogP contribution < -0.4 is 5.32 Å². The number of aromatic nitrogens is 3. The van der Waals surface area contributed by atoms with Gasteiger partial charge in [-0.25, -0.2) is 15.0 Å². The normalized spacial score (nSPS) is 11.1. The Morgan fingerprint density at radius 2 is 1.95 bits per heavy atom. The molecule has 0 saturated carbocycles. The Morgan fingerprint density at radius 3 is 2.86 bits per heavy atom. The number of anilines is 2. The van der Waals surface area contributed by atoms with Crippen LogP contribution in [-0.4, -0.2) is 15.0 Å². The van der Waals surface area contributed by atoms with Crippen molar-refractivity contribution in [3.05, 3.63) is 53.9 Å². The van der Waals surface area contributed by atoms with Crippen LogP contribution in [0.2, 0.25) is 5.02 Å². The topological polar surface area (TPSA) is 50.7 Å². The third kappa shape index (κ3) is 2.20. The van der Waals surface area contributed by atoms with Gasteiger partial charge in [0.1, 0.15) is 21.8 Å². The lowest BCUT2D eigenvalue weighted by molar-refractivity contribution is 1.23. The van der Waals surface area contributed by atoms with E-state index in [1.54, 1.807) is 23.9 Å². The summed E-state index contributed by atoms with van der Waals surface area (Å²) in [6.45, 7) is 0. The van der Waals surface area contributed by atoms with E-state index in [-0.39, 0.29) is 0 Å². The molecule has 0 saturated heterocycles. The first-order chi connectivity index (χ1) is 10.3. The second-order valence-corrected chi connectivity index (χ2v) is 5.91. The van der Waals surface area contributed by atoms with Crippen LogP contribution in [0.3, 0.4) is 0 Å². The van der Waals surface area contributed by atoms with Gasteiger partial charge in [0.15, 0.2) is 0 Å². The maximum Gasteiger partial charge on any atom is 0.143 e. The predicted molar refractivity (Wildman–Crippen MR) is 87.5 cm³/mol. The highest BCUT2D eigenvalue weighted by atomic mass is 35.5. The average molecular weight is 313 g/mol. The Labute approximate surface area is 129 Å². The number of pyridine rings is 1. The van der Waals surface area contributed by atoms with Crippen molar-refractivity contribution in [1.29, 1.82) is 0 Å². The predicted octanol–water partition coefficient (Wildman–Crippen LogP) is 4.64. The van der Waals surface area contributed by atoms with Gasteiger partial charge in [-0.3, -0.25) is 0 Å². The third-order valence-corrected chi connectivity index (χ3v) is 4.39. The Balaban J connectivity index is 1.92. The maximum atomic E-state index is 6.02. The van der Waals surface area contributed by atoms with Gasteiger partial charge in [-0.1, -0.05) is 29.0 Å². The minimum atomic E-state index is 0.683. The monoisotopic (exact) mass is 312 g/mol. The van der Waals surface area contributed by atoms with E-state index in [9.17, 15) is 0 Å². The second kappa shape index (κ2) is 4.95. The molecule has 102 valence electrons. The van der Waals surface area contributed by atoms with E-state index in [2.05, 4.69) is 20.3 Å². The molecular formula is C15H9ClN4S. The highest BCUT2D eigenvalue weighted by Crippen LogP contribution is 2.35. The van der Waals surface area contributed by atoms with Gasteiger partial charge in [0, 0.05) is 22.3 Å². The molecule has 1 N–H and O–H groups in total. The number of thiophene rings is 1. The Bertz CT molecular complexity index is 951. The fraction of sp³-hybridized carbons (Fsp3) is 0. The van der Waals surface area contributed by atoms with E-state index in [1.807, 2.05) is 36.4 Å². The van der Waals surface area contributed by atoms with Crippen molar-refractivity contribution < 1.29 is 0 Å². The number of halogens is 1. The summed E-state index contributed by atoms with van der Waals surface area (Å²) in [6, 6.07) is 11.5. The molecule has 0 atom stereocenters. The fourth-order valence-electron chi connectivity index (χ4n) is 2.24. The second-order valence-electron chi connectivity index (χ2n) is 4.50. The quantitative estimate of drug-likeness (QED) is 0.586. The Hall–Kier alpha value is -2.24. The summed E-state index contributed by atoms with van der Waals surface area (Å²) in [5.74, 6) is 0.765. The van der Waals surface area contributed by atoms with Gasteiger partial charge in [0.05, 0.1) is 5.39 Å². The molecule has 0 spiro atoms. The zero-order valence-corrected chi connectivity index (χ0v) is 12.3. The molecule has 4 rings (SSSR count). The lowest BCUT2D eigenvalue weighted by Gasteiger charge is -2.07. The summed E-state index contributed by atoms with van der Waals surface area (Å²) in [7, 11) is 0. The van der Waals surface area contributed by atoms with Crippen LogP contribution in [0.25, 0.3) is 20.4 Å². The summed E-state index contributed by atoms with van der Waals surface area (Å²) in [4.78, 5) is 15.0. The first-order valence-corrected chi connectivity index (χ1v) is 7.51. The molecule has 4 nitrogen and oxygen atoms in total. The van der Waals surface area contributed by atoms with Crippen molar-refractivity contribution >= 4 is 54.9 Å². The average Bonchev–Trinajstić information content (AvgIpc) is 2.87. The Morgan fingerprint density at radius 1 is 1.00 bits per heavy atom. The summed E-state index contributed by atoms with van der Waals surface area (Å²) in [5.41, 5.74) is 0.894. The van der Waals surface area contributed by atoms with Crippen molar-refractivity contribution in [3.8, 4) is 0 Å². The van der Waals surface area contributed by atoms with E-state index in [4.69, 9.17) is 11.6 Å². The minimum absolute atomic E-state index is 0.683. The van der Waals surface area contributed by atoms with Crippen LogP contribution in [0.1, 0.15) is 0 Å². The van der Waals surface area contributed by atoms with Crippen molar-refractivity contribution in [2.45, 2.75) is 0 Å². The number of hydrogen-bond donors (Lipinski definition) is 1. The molecule has 0 aliphatic carbocycles. The van der Waals surface area contributed by atoms with Crippen LogP contribution in [0, 0.1) is 0 Å². The van der Waals surface area contributed by atoms with Crippen LogP contribution >= 0.6 is 22.9 Å². The summed E-state index contributed by atoms with van der Waals surface area (Å²) < 4.78 is 0. The van der Waals surface area contributed by atoms with Gasteiger partial charge in [0.25, 0.3) is 0 Å². The lowest BCUT2D eigenvalue weighted by atomic mass is 10.2. The lowest BCUT2D eigenvalue weighted by Crippen LogP contribution is -1.94. The SMILES string of the molecule is Clc1cccc(Nc2ncnc3sc4ncccc4c23)c1. The summed E-state index contributed by atoms with van der Waals surface area (Å²) in [6.07, 6.45) is 3.35. The van der Waals surface area contributed by atoms with Gasteiger partial charge >= 0.3 is 0 Å². The van der Waals surface area contributed by atoms with Crippen LogP contribution in [0.15, 0.2) is 48.9 Å². The smallest absolute Gasteiger partial charge is 0.143 e. The van der Waals surface area contributed by atoms with Crippen molar-refractivity contribution in [3.63, 3.8) is 0 Å². The first kappa shape index (κ1) is 12.5. The Kier molecular flexibility index (Phi) is 2.94. The van der Waals surface area contributed by atoms with Crippen molar-refractivity contribution in [2.24, 2.45) is 0 Å². The molecule has 21 heavy (non-hydrogen) atoms. The van der Waals surface area contributed by atoms with E-state index in [1.165, 1.54) is 0 Å². The molecule has 0 aliphatic rings. The molecule has 0 bridgehead atoms. The summed E-state index contributed by atoms with van der Waals surface area (Å²) in [5, 5.41) is 6.04. The van der Waals surface area contributed by atoms with Crippen molar-refractivity contribution in [2.75, 3.05) is 5.32 Å². The standard InChI is InChI=1S/C15H9ClN4S/c16-9-3-1-4-10(7-9)20-13-12-11-5-2-6-17-14(11)21-15(12)19-8-18-13/h1-8H,(H,18,19,20). The van der Waals surface area contributed by atoms with Gasteiger partial charge in [-0.2, -0.15) is 0 Å². The molecule has 3 aromatic heterocycles. The molecule has 3 heterocycles. The molecule has 6 heteroatoms. The van der Waals surface area contributed by atoms with E-state index in [0.717, 1.165) is 31.9 Å². The molecule has 0 fully saturated rings. The number of benzene rings is 1. The molecule has 0 aliphatic heterocycles. The zero-order chi connectivity index (χ0) is 14.2. The van der Waals surface area contributed by atoms with Crippen LogP contribution in [-0.2, 0) is 0 Å².